The topological polar surface area (TPSA) is 27.1 Å². The number of imidazole rings is 1. The van der Waals surface area contributed by atoms with Crippen molar-refractivity contribution in [1.29, 1.82) is 0 Å². The minimum atomic E-state index is -5.83. The van der Waals surface area contributed by atoms with Crippen LogP contribution < -0.4 is 4.74 Å². The van der Waals surface area contributed by atoms with Crippen molar-refractivity contribution in [3.63, 3.8) is 0 Å². The van der Waals surface area contributed by atoms with Crippen LogP contribution in [0, 0.1) is 0 Å². The lowest BCUT2D eigenvalue weighted by molar-refractivity contribution is -0.360. The molecule has 0 saturated carbocycles. The fraction of sp³-hybridized carbons (Fsp3) is 0.182. The van der Waals surface area contributed by atoms with E-state index in [4.69, 9.17) is 11.6 Å². The summed E-state index contributed by atoms with van der Waals surface area (Å²) in [5, 5.41) is -0.380. The number of halogens is 6. The summed E-state index contributed by atoms with van der Waals surface area (Å²) in [6.07, 6.45) is -7.00. The molecule has 0 aliphatic rings. The molecule has 0 aliphatic carbocycles. The molecule has 0 atom stereocenters. The largest absolute Gasteiger partial charge is 0.499 e. The Kier molecular flexibility index (Phi) is 3.59. The molecule has 0 bridgehead atoms. The molecule has 2 aromatic rings. The van der Waals surface area contributed by atoms with Crippen LogP contribution in [0.4, 0.5) is 22.0 Å². The number of ether oxygens (including phenoxy) is 1. The lowest BCUT2D eigenvalue weighted by Crippen LogP contribution is -2.41. The highest BCUT2D eigenvalue weighted by Gasteiger charge is 2.61. The second-order valence-electron chi connectivity index (χ2n) is 3.68. The summed E-state index contributed by atoms with van der Waals surface area (Å²) in [6, 6.07) is 3.58. The van der Waals surface area contributed by atoms with Gasteiger partial charge in [0, 0.05) is 12.4 Å². The molecule has 0 saturated heterocycles. The smallest absolute Gasteiger partial charge is 0.424 e. The quantitative estimate of drug-likeness (QED) is 0.799. The molecular formula is C11H6ClF5N2O. The van der Waals surface area contributed by atoms with E-state index in [1.165, 1.54) is 35.4 Å². The van der Waals surface area contributed by atoms with Crippen LogP contribution in [-0.4, -0.2) is 21.8 Å². The van der Waals surface area contributed by atoms with E-state index in [1.54, 1.807) is 0 Å². The van der Waals surface area contributed by atoms with E-state index in [1.807, 2.05) is 0 Å². The van der Waals surface area contributed by atoms with Gasteiger partial charge in [0.05, 0.1) is 12.0 Å². The first-order valence-electron chi connectivity index (χ1n) is 5.13. The number of hydrogen-bond donors (Lipinski definition) is 0. The Balaban J connectivity index is 2.38. The number of alkyl halides is 5. The molecule has 0 radical (unpaired) electrons. The molecule has 108 valence electrons. The third-order valence-corrected chi connectivity index (χ3v) is 2.67. The van der Waals surface area contributed by atoms with Crippen LogP contribution in [0.2, 0.25) is 5.02 Å². The van der Waals surface area contributed by atoms with Gasteiger partial charge in [0.15, 0.2) is 0 Å². The van der Waals surface area contributed by atoms with Crippen LogP contribution in [0.5, 0.6) is 5.75 Å². The summed E-state index contributed by atoms with van der Waals surface area (Å²) in [5.74, 6) is -0.778. The summed E-state index contributed by atoms with van der Waals surface area (Å²) >= 11 is 5.78. The Morgan fingerprint density at radius 1 is 1.15 bits per heavy atom. The van der Waals surface area contributed by atoms with Crippen molar-refractivity contribution in [2.24, 2.45) is 0 Å². The summed E-state index contributed by atoms with van der Waals surface area (Å²) < 4.78 is 67.0. The van der Waals surface area contributed by atoms with Crippen molar-refractivity contribution in [3.05, 3.63) is 41.9 Å². The highest BCUT2D eigenvalue weighted by atomic mass is 35.5. The van der Waals surface area contributed by atoms with Crippen molar-refractivity contribution in [2.45, 2.75) is 12.3 Å². The maximum atomic E-state index is 12.8. The molecular weight excluding hydrogens is 307 g/mol. The van der Waals surface area contributed by atoms with Crippen LogP contribution in [0.3, 0.4) is 0 Å². The van der Waals surface area contributed by atoms with Crippen LogP contribution in [0.15, 0.2) is 36.9 Å². The lowest BCUT2D eigenvalue weighted by atomic mass is 10.3. The van der Waals surface area contributed by atoms with Crippen LogP contribution in [0.25, 0.3) is 5.69 Å². The van der Waals surface area contributed by atoms with Gasteiger partial charge >= 0.3 is 12.3 Å². The predicted molar refractivity (Wildman–Crippen MR) is 60.2 cm³/mol. The first kappa shape index (κ1) is 14.6. The first-order valence-corrected chi connectivity index (χ1v) is 5.50. The van der Waals surface area contributed by atoms with Gasteiger partial charge in [-0.25, -0.2) is 4.98 Å². The third-order valence-electron chi connectivity index (χ3n) is 2.29. The van der Waals surface area contributed by atoms with Gasteiger partial charge in [-0.05, 0) is 12.1 Å². The highest BCUT2D eigenvalue weighted by molar-refractivity contribution is 6.33. The van der Waals surface area contributed by atoms with Gasteiger partial charge in [0.1, 0.15) is 10.8 Å². The molecule has 0 unspecified atom stereocenters. The van der Waals surface area contributed by atoms with Crippen molar-refractivity contribution >= 4 is 11.6 Å². The van der Waals surface area contributed by atoms with Crippen LogP contribution in [-0.2, 0) is 0 Å². The van der Waals surface area contributed by atoms with Crippen LogP contribution >= 0.6 is 11.6 Å². The second-order valence-corrected chi connectivity index (χ2v) is 4.05. The zero-order valence-corrected chi connectivity index (χ0v) is 10.3. The van der Waals surface area contributed by atoms with E-state index in [2.05, 4.69) is 9.72 Å². The monoisotopic (exact) mass is 312 g/mol. The Hall–Kier alpha value is -1.83. The molecule has 0 N–H and O–H groups in total. The van der Waals surface area contributed by atoms with Gasteiger partial charge in [-0.3, -0.25) is 0 Å². The first-order chi connectivity index (χ1) is 9.22. The normalized spacial score (nSPS) is 12.5. The Labute approximate surface area is 114 Å². The maximum absolute atomic E-state index is 12.8. The molecule has 0 amide bonds. The van der Waals surface area contributed by atoms with Crippen molar-refractivity contribution in [1.82, 2.24) is 9.55 Å². The van der Waals surface area contributed by atoms with E-state index in [-0.39, 0.29) is 10.7 Å². The molecule has 3 nitrogen and oxygen atoms in total. The Morgan fingerprint density at radius 2 is 1.85 bits per heavy atom. The molecule has 20 heavy (non-hydrogen) atoms. The zero-order chi connectivity index (χ0) is 15.0. The summed E-state index contributed by atoms with van der Waals surface area (Å²) in [5.41, 5.74) is 0.166. The molecule has 1 aromatic carbocycles. The summed E-state index contributed by atoms with van der Waals surface area (Å²) in [7, 11) is 0. The van der Waals surface area contributed by atoms with Crippen molar-refractivity contribution in [3.8, 4) is 11.4 Å². The molecule has 9 heteroatoms. The van der Waals surface area contributed by atoms with E-state index in [0.29, 0.717) is 0 Å². The molecule has 1 heterocycles. The minimum Gasteiger partial charge on any atom is -0.424 e. The van der Waals surface area contributed by atoms with Gasteiger partial charge in [-0.2, -0.15) is 22.0 Å². The van der Waals surface area contributed by atoms with E-state index in [9.17, 15) is 22.0 Å². The van der Waals surface area contributed by atoms with Crippen LogP contribution in [0.1, 0.15) is 0 Å². The molecule has 0 aliphatic heterocycles. The molecule has 1 aromatic heterocycles. The van der Waals surface area contributed by atoms with Crippen molar-refractivity contribution in [2.75, 3.05) is 0 Å². The lowest BCUT2D eigenvalue weighted by Gasteiger charge is -2.21. The number of benzene rings is 1. The van der Waals surface area contributed by atoms with E-state index < -0.39 is 18.0 Å². The van der Waals surface area contributed by atoms with Gasteiger partial charge in [0.25, 0.3) is 0 Å². The van der Waals surface area contributed by atoms with Gasteiger partial charge in [-0.15, -0.1) is 0 Å². The Morgan fingerprint density at radius 3 is 2.40 bits per heavy atom. The zero-order valence-electron chi connectivity index (χ0n) is 9.53. The molecule has 2 rings (SSSR count). The predicted octanol–water partition coefficient (Wildman–Crippen LogP) is 4.06. The Bertz CT molecular complexity index is 597. The number of rotatable bonds is 3. The SMILES string of the molecule is FC(F)(F)C(F)(F)Oc1cccc(-n2ccnc2)c1Cl. The fourth-order valence-corrected chi connectivity index (χ4v) is 1.64. The van der Waals surface area contributed by atoms with Crippen molar-refractivity contribution < 1.29 is 26.7 Å². The van der Waals surface area contributed by atoms with Gasteiger partial charge in [0.2, 0.25) is 0 Å². The average Bonchev–Trinajstić information content (AvgIpc) is 2.83. The minimum absolute atomic E-state index is 0.166. The van der Waals surface area contributed by atoms with Gasteiger partial charge in [-0.1, -0.05) is 17.7 Å². The number of nitrogens with zero attached hydrogens (tertiary/aromatic N) is 2. The van der Waals surface area contributed by atoms with E-state index >= 15 is 0 Å². The standard InChI is InChI=1S/C11H6ClF5N2O/c12-9-7(19-5-4-18-6-19)2-1-3-8(9)20-11(16,17)10(13,14)15/h1-6H. The average molecular weight is 313 g/mol. The number of hydrogen-bond acceptors (Lipinski definition) is 2. The summed E-state index contributed by atoms with van der Waals surface area (Å²) in [4.78, 5) is 3.72. The summed E-state index contributed by atoms with van der Waals surface area (Å²) in [6.45, 7) is 0. The van der Waals surface area contributed by atoms with Gasteiger partial charge < -0.3 is 9.30 Å². The maximum Gasteiger partial charge on any atom is 0.499 e. The van der Waals surface area contributed by atoms with E-state index in [0.717, 1.165) is 6.07 Å². The third kappa shape index (κ3) is 2.69. The highest BCUT2D eigenvalue weighted by Crippen LogP contribution is 2.40. The molecule has 0 fully saturated rings. The molecule has 0 spiro atoms. The number of aromatic nitrogens is 2. The second kappa shape index (κ2) is 4.93. The fourth-order valence-electron chi connectivity index (χ4n) is 1.38.